The SMILES string of the molecule is O=C(c1ccccc1)N1CCN(C2CN(C(=O)c3cccc(Oc4ccccc4)c3)C2)CC1. The monoisotopic (exact) mass is 441 g/mol. The molecule has 3 aromatic rings. The highest BCUT2D eigenvalue weighted by molar-refractivity contribution is 5.95. The van der Waals surface area contributed by atoms with E-state index in [0.29, 0.717) is 17.4 Å². The summed E-state index contributed by atoms with van der Waals surface area (Å²) in [6, 6.07) is 26.7. The Hall–Kier alpha value is -3.64. The van der Waals surface area contributed by atoms with Crippen molar-refractivity contribution in [3.8, 4) is 11.5 Å². The van der Waals surface area contributed by atoms with Crippen LogP contribution in [0.2, 0.25) is 0 Å². The Bertz CT molecular complexity index is 1110. The number of rotatable bonds is 5. The molecule has 2 saturated heterocycles. The predicted molar refractivity (Wildman–Crippen MR) is 127 cm³/mol. The summed E-state index contributed by atoms with van der Waals surface area (Å²) in [7, 11) is 0. The molecule has 168 valence electrons. The number of hydrogen-bond donors (Lipinski definition) is 0. The number of nitrogens with zero attached hydrogens (tertiary/aromatic N) is 3. The van der Waals surface area contributed by atoms with E-state index >= 15 is 0 Å². The molecule has 0 atom stereocenters. The molecule has 2 fully saturated rings. The van der Waals surface area contributed by atoms with Gasteiger partial charge in [-0.25, -0.2) is 0 Å². The second-order valence-electron chi connectivity index (χ2n) is 8.50. The van der Waals surface area contributed by atoms with Crippen molar-refractivity contribution in [2.45, 2.75) is 6.04 Å². The number of likely N-dealkylation sites (tertiary alicyclic amines) is 1. The van der Waals surface area contributed by atoms with E-state index in [1.165, 1.54) is 0 Å². The van der Waals surface area contributed by atoms with Gasteiger partial charge in [-0.1, -0.05) is 42.5 Å². The Morgan fingerprint density at radius 2 is 1.21 bits per heavy atom. The Morgan fingerprint density at radius 1 is 0.636 bits per heavy atom. The zero-order chi connectivity index (χ0) is 22.6. The molecular formula is C27H27N3O3. The van der Waals surface area contributed by atoms with Crippen LogP contribution in [0.5, 0.6) is 11.5 Å². The summed E-state index contributed by atoms with van der Waals surface area (Å²) in [6.45, 7) is 4.55. The third-order valence-corrected chi connectivity index (χ3v) is 6.35. The molecule has 0 saturated carbocycles. The average molecular weight is 442 g/mol. The third kappa shape index (κ3) is 4.76. The van der Waals surface area contributed by atoms with Gasteiger partial charge in [0, 0.05) is 56.4 Å². The first-order valence-electron chi connectivity index (χ1n) is 11.4. The number of carbonyl (C=O) groups is 2. The van der Waals surface area contributed by atoms with Crippen molar-refractivity contribution in [3.63, 3.8) is 0 Å². The quantitative estimate of drug-likeness (QED) is 0.605. The van der Waals surface area contributed by atoms with Crippen LogP contribution in [0.3, 0.4) is 0 Å². The second-order valence-corrected chi connectivity index (χ2v) is 8.50. The van der Waals surface area contributed by atoms with Gasteiger partial charge >= 0.3 is 0 Å². The minimum absolute atomic E-state index is 0.0302. The standard InChI is InChI=1S/C27H27N3O3/c31-26(21-8-3-1-4-9-21)29-16-14-28(15-17-29)23-19-30(20-23)27(32)22-10-7-13-25(18-22)33-24-11-5-2-6-12-24/h1-13,18,23H,14-17,19-20H2. The van der Waals surface area contributed by atoms with E-state index in [9.17, 15) is 9.59 Å². The first-order valence-corrected chi connectivity index (χ1v) is 11.4. The predicted octanol–water partition coefficient (Wildman–Crippen LogP) is 3.76. The van der Waals surface area contributed by atoms with E-state index in [0.717, 1.165) is 50.6 Å². The van der Waals surface area contributed by atoms with Gasteiger partial charge in [0.15, 0.2) is 0 Å². The number of hydrogen-bond acceptors (Lipinski definition) is 4. The molecule has 0 aromatic heterocycles. The maximum atomic E-state index is 13.0. The van der Waals surface area contributed by atoms with Crippen LogP contribution >= 0.6 is 0 Å². The highest BCUT2D eigenvalue weighted by Crippen LogP contribution is 2.25. The van der Waals surface area contributed by atoms with E-state index in [4.69, 9.17) is 4.74 Å². The molecular weight excluding hydrogens is 414 g/mol. The van der Waals surface area contributed by atoms with Crippen molar-refractivity contribution in [2.75, 3.05) is 39.3 Å². The van der Waals surface area contributed by atoms with Crippen molar-refractivity contribution < 1.29 is 14.3 Å². The van der Waals surface area contributed by atoms with Gasteiger partial charge in [0.05, 0.1) is 0 Å². The number of amides is 2. The normalized spacial score (nSPS) is 16.8. The maximum absolute atomic E-state index is 13.0. The summed E-state index contributed by atoms with van der Waals surface area (Å²) in [6.07, 6.45) is 0. The molecule has 0 bridgehead atoms. The van der Waals surface area contributed by atoms with E-state index < -0.39 is 0 Å². The molecule has 2 heterocycles. The molecule has 6 nitrogen and oxygen atoms in total. The Kier molecular flexibility index (Phi) is 6.09. The lowest BCUT2D eigenvalue weighted by atomic mass is 10.0. The van der Waals surface area contributed by atoms with Crippen LogP contribution in [0.25, 0.3) is 0 Å². The van der Waals surface area contributed by atoms with Crippen molar-refractivity contribution in [1.82, 2.24) is 14.7 Å². The maximum Gasteiger partial charge on any atom is 0.254 e. The smallest absolute Gasteiger partial charge is 0.254 e. The Labute approximate surface area is 194 Å². The molecule has 0 aliphatic carbocycles. The van der Waals surface area contributed by atoms with Gasteiger partial charge in [0.1, 0.15) is 11.5 Å². The molecule has 0 N–H and O–H groups in total. The Balaban J connectivity index is 1.12. The van der Waals surface area contributed by atoms with Gasteiger partial charge in [0.2, 0.25) is 0 Å². The molecule has 6 heteroatoms. The Morgan fingerprint density at radius 3 is 1.91 bits per heavy atom. The van der Waals surface area contributed by atoms with E-state index in [2.05, 4.69) is 4.90 Å². The molecule has 2 aliphatic rings. The lowest BCUT2D eigenvalue weighted by Crippen LogP contribution is -2.64. The summed E-state index contributed by atoms with van der Waals surface area (Å²) < 4.78 is 5.87. The molecule has 3 aromatic carbocycles. The van der Waals surface area contributed by atoms with Crippen LogP contribution in [0, 0.1) is 0 Å². The molecule has 0 radical (unpaired) electrons. The first-order chi connectivity index (χ1) is 16.2. The van der Waals surface area contributed by atoms with E-state index in [-0.39, 0.29) is 11.8 Å². The minimum Gasteiger partial charge on any atom is -0.457 e. The molecule has 5 rings (SSSR count). The first kappa shape index (κ1) is 21.2. The van der Waals surface area contributed by atoms with Crippen molar-refractivity contribution in [1.29, 1.82) is 0 Å². The van der Waals surface area contributed by atoms with Gasteiger partial charge in [-0.3, -0.25) is 14.5 Å². The number of para-hydroxylation sites is 1. The summed E-state index contributed by atoms with van der Waals surface area (Å²) in [4.78, 5) is 31.8. The minimum atomic E-state index is 0.0302. The molecule has 0 unspecified atom stereocenters. The van der Waals surface area contributed by atoms with Gasteiger partial charge < -0.3 is 14.5 Å². The molecule has 2 amide bonds. The van der Waals surface area contributed by atoms with E-state index in [1.807, 2.05) is 88.7 Å². The number of carbonyl (C=O) groups excluding carboxylic acids is 2. The van der Waals surface area contributed by atoms with Crippen LogP contribution in [0.4, 0.5) is 0 Å². The van der Waals surface area contributed by atoms with Gasteiger partial charge in [-0.15, -0.1) is 0 Å². The highest BCUT2D eigenvalue weighted by Gasteiger charge is 2.37. The largest absolute Gasteiger partial charge is 0.457 e. The summed E-state index contributed by atoms with van der Waals surface area (Å²) in [5.74, 6) is 1.53. The highest BCUT2D eigenvalue weighted by atomic mass is 16.5. The summed E-state index contributed by atoms with van der Waals surface area (Å²) in [5.41, 5.74) is 1.38. The van der Waals surface area contributed by atoms with Crippen LogP contribution in [-0.2, 0) is 0 Å². The van der Waals surface area contributed by atoms with Gasteiger partial charge in [0.25, 0.3) is 11.8 Å². The number of benzene rings is 3. The topological polar surface area (TPSA) is 53.1 Å². The van der Waals surface area contributed by atoms with Crippen molar-refractivity contribution in [2.24, 2.45) is 0 Å². The van der Waals surface area contributed by atoms with Crippen LogP contribution in [0.15, 0.2) is 84.9 Å². The lowest BCUT2D eigenvalue weighted by molar-refractivity contribution is 0.00852. The average Bonchev–Trinajstić information content (AvgIpc) is 2.84. The zero-order valence-corrected chi connectivity index (χ0v) is 18.5. The summed E-state index contributed by atoms with van der Waals surface area (Å²) in [5, 5.41) is 0. The number of piperazine rings is 1. The fourth-order valence-electron chi connectivity index (χ4n) is 4.41. The third-order valence-electron chi connectivity index (χ3n) is 6.35. The zero-order valence-electron chi connectivity index (χ0n) is 18.5. The van der Waals surface area contributed by atoms with Gasteiger partial charge in [-0.05, 0) is 42.5 Å². The van der Waals surface area contributed by atoms with Crippen LogP contribution in [-0.4, -0.2) is 71.8 Å². The second kappa shape index (κ2) is 9.46. The number of ether oxygens (including phenoxy) is 1. The van der Waals surface area contributed by atoms with Crippen LogP contribution in [0.1, 0.15) is 20.7 Å². The lowest BCUT2D eigenvalue weighted by Gasteiger charge is -2.48. The van der Waals surface area contributed by atoms with Gasteiger partial charge in [-0.2, -0.15) is 0 Å². The van der Waals surface area contributed by atoms with E-state index in [1.54, 1.807) is 6.07 Å². The molecule has 33 heavy (non-hydrogen) atoms. The molecule has 2 aliphatic heterocycles. The molecule has 0 spiro atoms. The fourth-order valence-corrected chi connectivity index (χ4v) is 4.41. The fraction of sp³-hybridized carbons (Fsp3) is 0.259. The van der Waals surface area contributed by atoms with Crippen molar-refractivity contribution in [3.05, 3.63) is 96.1 Å². The van der Waals surface area contributed by atoms with Crippen LogP contribution < -0.4 is 4.74 Å². The van der Waals surface area contributed by atoms with Crippen molar-refractivity contribution >= 4 is 11.8 Å². The summed E-state index contributed by atoms with van der Waals surface area (Å²) >= 11 is 0.